The first-order valence-corrected chi connectivity index (χ1v) is 4.87. The number of carbonyl (C=O) groups excluding carboxylic acids is 1. The summed E-state index contributed by atoms with van der Waals surface area (Å²) >= 11 is 0. The largest absolute Gasteiger partial charge is 0.479 e. The van der Waals surface area contributed by atoms with E-state index in [0.717, 1.165) is 10.7 Å². The smallest absolute Gasteiger partial charge is 0.332 e. The molecule has 0 spiro atoms. The number of hydrogen-bond donors (Lipinski definition) is 4. The van der Waals surface area contributed by atoms with Crippen molar-refractivity contribution in [3.05, 3.63) is 22.1 Å². The molecule has 0 fully saturated rings. The van der Waals surface area contributed by atoms with E-state index in [1.54, 1.807) is 0 Å². The second-order valence-corrected chi connectivity index (χ2v) is 3.47. The maximum absolute atomic E-state index is 11.4. The molecule has 0 aliphatic heterocycles. The Kier molecular flexibility index (Phi) is 4.05. The van der Waals surface area contributed by atoms with Crippen LogP contribution in [0.4, 0.5) is 0 Å². The Morgan fingerprint density at radius 2 is 2.24 bits per heavy atom. The fourth-order valence-corrected chi connectivity index (χ4v) is 1.15. The van der Waals surface area contributed by atoms with Gasteiger partial charge in [-0.3, -0.25) is 19.4 Å². The zero-order chi connectivity index (χ0) is 13.0. The van der Waals surface area contributed by atoms with E-state index in [1.807, 2.05) is 0 Å². The molecule has 8 heteroatoms. The van der Waals surface area contributed by atoms with Crippen LogP contribution in [0.2, 0.25) is 0 Å². The zero-order valence-electron chi connectivity index (χ0n) is 9.14. The highest BCUT2D eigenvalue weighted by molar-refractivity contribution is 5.92. The van der Waals surface area contributed by atoms with Crippen LogP contribution in [0.25, 0.3) is 0 Å². The summed E-state index contributed by atoms with van der Waals surface area (Å²) in [5.41, 5.74) is -0.261. The number of carboxylic acid groups (broad SMARTS) is 1. The average molecular weight is 243 g/mol. The molecule has 0 aliphatic carbocycles. The second kappa shape index (κ2) is 5.30. The van der Waals surface area contributed by atoms with Gasteiger partial charge in [-0.2, -0.15) is 0 Å². The number of rotatable bonds is 5. The molecule has 1 aromatic heterocycles. The van der Waals surface area contributed by atoms with Crippen molar-refractivity contribution in [1.29, 1.82) is 0 Å². The van der Waals surface area contributed by atoms with E-state index < -0.39 is 18.0 Å². The first kappa shape index (κ1) is 13.0. The number of H-pyrrole nitrogens is 1. The number of nitrogens with zero attached hydrogens (tertiary/aromatic N) is 1. The molecule has 1 amide bonds. The van der Waals surface area contributed by atoms with Gasteiger partial charge in [-0.15, -0.1) is 0 Å². The van der Waals surface area contributed by atoms with Crippen molar-refractivity contribution in [3.8, 4) is 0 Å². The summed E-state index contributed by atoms with van der Waals surface area (Å²) in [7, 11) is 1.47. The normalized spacial score (nSPS) is 12.1. The fraction of sp³-hybridized carbons (Fsp3) is 0.444. The number of aromatic amines is 1. The van der Waals surface area contributed by atoms with Crippen LogP contribution < -0.4 is 10.9 Å². The van der Waals surface area contributed by atoms with Gasteiger partial charge >= 0.3 is 5.97 Å². The predicted molar refractivity (Wildman–Crippen MR) is 56.6 cm³/mol. The molecule has 94 valence electrons. The van der Waals surface area contributed by atoms with Crippen molar-refractivity contribution in [1.82, 2.24) is 15.1 Å². The Hall–Kier alpha value is -2.09. The van der Waals surface area contributed by atoms with Crippen molar-refractivity contribution >= 4 is 11.9 Å². The number of nitrogens with one attached hydrogen (secondary N) is 2. The zero-order valence-corrected chi connectivity index (χ0v) is 9.14. The van der Waals surface area contributed by atoms with Gasteiger partial charge in [0.2, 0.25) is 0 Å². The highest BCUT2D eigenvalue weighted by atomic mass is 16.4. The van der Waals surface area contributed by atoms with Crippen LogP contribution in [0.3, 0.4) is 0 Å². The maximum Gasteiger partial charge on any atom is 0.332 e. The van der Waals surface area contributed by atoms with E-state index in [1.165, 1.54) is 7.05 Å². The number of amides is 1. The first-order valence-electron chi connectivity index (χ1n) is 4.87. The lowest BCUT2D eigenvalue weighted by Crippen LogP contribution is -2.30. The van der Waals surface area contributed by atoms with Gasteiger partial charge in [-0.25, -0.2) is 4.79 Å². The number of carboxylic acids is 1. The molecule has 0 aliphatic rings. The quantitative estimate of drug-likeness (QED) is 0.489. The molecule has 0 bridgehead atoms. The predicted octanol–water partition coefficient (Wildman–Crippen LogP) is -1.72. The van der Waals surface area contributed by atoms with E-state index >= 15 is 0 Å². The van der Waals surface area contributed by atoms with E-state index in [4.69, 9.17) is 10.2 Å². The van der Waals surface area contributed by atoms with Gasteiger partial charge in [0.15, 0.2) is 6.10 Å². The Morgan fingerprint density at radius 3 is 2.71 bits per heavy atom. The van der Waals surface area contributed by atoms with Crippen LogP contribution in [-0.2, 0) is 11.8 Å². The van der Waals surface area contributed by atoms with E-state index in [2.05, 4.69) is 10.4 Å². The molecule has 1 heterocycles. The number of aliphatic hydroxyl groups is 1. The van der Waals surface area contributed by atoms with Crippen molar-refractivity contribution < 1.29 is 19.8 Å². The monoisotopic (exact) mass is 243 g/mol. The number of hydrogen-bond acceptors (Lipinski definition) is 4. The van der Waals surface area contributed by atoms with Gasteiger partial charge < -0.3 is 15.5 Å². The minimum atomic E-state index is -1.51. The van der Waals surface area contributed by atoms with Gasteiger partial charge in [-0.05, 0) is 0 Å². The third-order valence-electron chi connectivity index (χ3n) is 2.12. The van der Waals surface area contributed by atoms with Crippen LogP contribution in [-0.4, -0.2) is 44.5 Å². The Balaban J connectivity index is 2.45. The van der Waals surface area contributed by atoms with Crippen LogP contribution in [0.15, 0.2) is 10.9 Å². The summed E-state index contributed by atoms with van der Waals surface area (Å²) < 4.78 is 1.14. The molecule has 17 heavy (non-hydrogen) atoms. The number of carbonyl (C=O) groups is 2. The number of aryl methyl sites for hydroxylation is 1. The van der Waals surface area contributed by atoms with Gasteiger partial charge in [0.25, 0.3) is 11.5 Å². The van der Waals surface area contributed by atoms with E-state index in [-0.39, 0.29) is 24.2 Å². The van der Waals surface area contributed by atoms with Crippen molar-refractivity contribution in [2.75, 3.05) is 6.54 Å². The molecule has 1 rings (SSSR count). The lowest BCUT2D eigenvalue weighted by Gasteiger charge is -2.06. The molecule has 0 saturated heterocycles. The van der Waals surface area contributed by atoms with Crippen LogP contribution in [0, 0.1) is 0 Å². The minimum Gasteiger partial charge on any atom is -0.479 e. The van der Waals surface area contributed by atoms with Gasteiger partial charge in [-0.1, -0.05) is 0 Å². The third-order valence-corrected chi connectivity index (χ3v) is 2.12. The van der Waals surface area contributed by atoms with Gasteiger partial charge in [0, 0.05) is 26.1 Å². The molecule has 0 radical (unpaired) electrons. The van der Waals surface area contributed by atoms with Crippen LogP contribution >= 0.6 is 0 Å². The lowest BCUT2D eigenvalue weighted by molar-refractivity contribution is -0.146. The topological polar surface area (TPSA) is 124 Å². The van der Waals surface area contributed by atoms with Crippen molar-refractivity contribution in [2.24, 2.45) is 7.05 Å². The van der Waals surface area contributed by atoms with Crippen LogP contribution in [0.5, 0.6) is 0 Å². The fourth-order valence-electron chi connectivity index (χ4n) is 1.15. The molecular formula is C9H13N3O5. The SMILES string of the molecule is Cn1[nH]c(C(=O)NCCC(O)C(=O)O)cc1=O. The molecule has 1 atom stereocenters. The Bertz CT molecular complexity index is 475. The molecule has 4 N–H and O–H groups in total. The summed E-state index contributed by atoms with van der Waals surface area (Å²) in [4.78, 5) is 32.8. The highest BCUT2D eigenvalue weighted by Gasteiger charge is 2.14. The molecule has 8 nitrogen and oxygen atoms in total. The summed E-state index contributed by atoms with van der Waals surface area (Å²) in [5.74, 6) is -1.87. The number of aliphatic hydroxyl groups excluding tert-OH is 1. The maximum atomic E-state index is 11.4. The van der Waals surface area contributed by atoms with Crippen molar-refractivity contribution in [3.63, 3.8) is 0 Å². The minimum absolute atomic E-state index is 0.00320. The summed E-state index contributed by atoms with van der Waals surface area (Å²) in [6, 6.07) is 1.13. The standard InChI is InChI=1S/C9H13N3O5/c1-12-7(14)4-5(11-12)8(15)10-3-2-6(13)9(16)17/h4,6,11,13H,2-3H2,1H3,(H,10,15)(H,16,17). The molecule has 0 aromatic carbocycles. The third kappa shape index (κ3) is 3.45. The lowest BCUT2D eigenvalue weighted by atomic mass is 10.2. The van der Waals surface area contributed by atoms with Gasteiger partial charge in [0.05, 0.1) is 0 Å². The first-order chi connectivity index (χ1) is 7.91. The van der Waals surface area contributed by atoms with Crippen molar-refractivity contribution in [2.45, 2.75) is 12.5 Å². The molecule has 1 aromatic rings. The van der Waals surface area contributed by atoms with Gasteiger partial charge in [0.1, 0.15) is 5.69 Å². The Labute approximate surface area is 95.9 Å². The van der Waals surface area contributed by atoms with E-state index in [9.17, 15) is 14.4 Å². The average Bonchev–Trinajstić information content (AvgIpc) is 2.59. The Morgan fingerprint density at radius 1 is 1.59 bits per heavy atom. The van der Waals surface area contributed by atoms with E-state index in [0.29, 0.717) is 0 Å². The highest BCUT2D eigenvalue weighted by Crippen LogP contribution is 1.92. The second-order valence-electron chi connectivity index (χ2n) is 3.47. The molecule has 1 unspecified atom stereocenters. The molecule has 0 saturated carbocycles. The van der Waals surface area contributed by atoms with Crippen LogP contribution in [0.1, 0.15) is 16.9 Å². The summed E-state index contributed by atoms with van der Waals surface area (Å²) in [6.45, 7) is 0.00320. The number of aliphatic carboxylic acids is 1. The molecular weight excluding hydrogens is 230 g/mol. The number of aromatic nitrogens is 2. The summed E-state index contributed by atoms with van der Waals surface area (Å²) in [6.07, 6.45) is -1.61. The summed E-state index contributed by atoms with van der Waals surface area (Å²) in [5, 5.41) is 22.2.